The number of ketones is 1. The van der Waals surface area contributed by atoms with E-state index in [9.17, 15) is 14.7 Å². The van der Waals surface area contributed by atoms with E-state index in [0.717, 1.165) is 0 Å². The molecule has 1 fully saturated rings. The topological polar surface area (TPSA) is 86.6 Å². The predicted molar refractivity (Wildman–Crippen MR) is 67.0 cm³/mol. The Balaban J connectivity index is 2.93. The van der Waals surface area contributed by atoms with Gasteiger partial charge in [0.05, 0.1) is 6.10 Å². The highest BCUT2D eigenvalue weighted by molar-refractivity contribution is 5.98. The van der Waals surface area contributed by atoms with Crippen LogP contribution in [-0.2, 0) is 9.59 Å². The number of hydrogen-bond donors (Lipinski definition) is 3. The first kappa shape index (κ1) is 14.7. The smallest absolute Gasteiger partial charge is 0.325 e. The molecule has 0 aliphatic heterocycles. The molecule has 1 aliphatic rings. The fraction of sp³-hybridized carbons (Fsp3) is 0.692. The quantitative estimate of drug-likeness (QED) is 0.657. The minimum Gasteiger partial charge on any atom is -0.480 e. The molecule has 0 aromatic rings. The zero-order chi connectivity index (χ0) is 14.1. The van der Waals surface area contributed by atoms with Crippen LogP contribution in [0.5, 0.6) is 0 Å². The Hall–Kier alpha value is -1.36. The summed E-state index contributed by atoms with van der Waals surface area (Å²) in [5, 5.41) is 21.6. The van der Waals surface area contributed by atoms with E-state index >= 15 is 0 Å². The van der Waals surface area contributed by atoms with Gasteiger partial charge in [-0.2, -0.15) is 0 Å². The van der Waals surface area contributed by atoms with Crippen molar-refractivity contribution in [2.75, 3.05) is 0 Å². The molecule has 18 heavy (non-hydrogen) atoms. The standard InChI is InChI=1S/C13H21NO4/c1-7(14-8(2)12(17)18)11-9(15)5-13(3,4)6-10(11)16/h8-9,14-15H,5-6H2,1-4H3,(H,17,18)/b11-7+/t8-,9?/m0/s1. The Labute approximate surface area is 107 Å². The highest BCUT2D eigenvalue weighted by Crippen LogP contribution is 2.36. The maximum atomic E-state index is 12.0. The fourth-order valence-electron chi connectivity index (χ4n) is 2.34. The Morgan fingerprint density at radius 1 is 1.50 bits per heavy atom. The molecule has 3 N–H and O–H groups in total. The fourth-order valence-corrected chi connectivity index (χ4v) is 2.34. The van der Waals surface area contributed by atoms with Gasteiger partial charge in [-0.25, -0.2) is 0 Å². The van der Waals surface area contributed by atoms with Crippen molar-refractivity contribution in [2.24, 2.45) is 5.41 Å². The summed E-state index contributed by atoms with van der Waals surface area (Å²) in [7, 11) is 0. The van der Waals surface area contributed by atoms with Gasteiger partial charge >= 0.3 is 5.97 Å². The summed E-state index contributed by atoms with van der Waals surface area (Å²) in [5.41, 5.74) is 0.568. The van der Waals surface area contributed by atoms with Crippen LogP contribution in [0, 0.1) is 5.41 Å². The first-order chi connectivity index (χ1) is 8.14. The van der Waals surface area contributed by atoms with Gasteiger partial charge < -0.3 is 15.5 Å². The van der Waals surface area contributed by atoms with E-state index in [1.54, 1.807) is 6.92 Å². The number of Topliss-reactive ketones (excluding diaryl/α,β-unsaturated/α-hetero) is 1. The number of carboxylic acids is 1. The Kier molecular flexibility index (Phi) is 4.16. The lowest BCUT2D eigenvalue weighted by Gasteiger charge is -2.34. The van der Waals surface area contributed by atoms with Crippen LogP contribution < -0.4 is 5.32 Å². The van der Waals surface area contributed by atoms with Crippen molar-refractivity contribution in [1.82, 2.24) is 5.32 Å². The molecular weight excluding hydrogens is 234 g/mol. The van der Waals surface area contributed by atoms with Crippen molar-refractivity contribution in [2.45, 2.75) is 52.7 Å². The molecule has 2 atom stereocenters. The molecule has 0 saturated heterocycles. The van der Waals surface area contributed by atoms with Crippen LogP contribution in [0.3, 0.4) is 0 Å². The second-order valence-corrected chi connectivity index (χ2v) is 5.73. The lowest BCUT2D eigenvalue weighted by molar-refractivity contribution is -0.138. The molecule has 5 nitrogen and oxygen atoms in total. The molecule has 0 aromatic heterocycles. The van der Waals surface area contributed by atoms with Crippen LogP contribution in [0.4, 0.5) is 0 Å². The Morgan fingerprint density at radius 3 is 2.50 bits per heavy atom. The highest BCUT2D eigenvalue weighted by Gasteiger charge is 2.37. The van der Waals surface area contributed by atoms with E-state index in [4.69, 9.17) is 5.11 Å². The molecule has 102 valence electrons. The van der Waals surface area contributed by atoms with Crippen molar-refractivity contribution in [3.05, 3.63) is 11.3 Å². The van der Waals surface area contributed by atoms with Gasteiger partial charge in [0.15, 0.2) is 5.78 Å². The monoisotopic (exact) mass is 255 g/mol. The highest BCUT2D eigenvalue weighted by atomic mass is 16.4. The molecule has 0 heterocycles. The SMILES string of the molecule is C/C(N[C@@H](C)C(=O)O)=C1\C(=O)CC(C)(C)CC1O. The molecular formula is C13H21NO4. The summed E-state index contributed by atoms with van der Waals surface area (Å²) in [6.07, 6.45) is 0.0590. The number of aliphatic hydroxyl groups is 1. The third kappa shape index (κ3) is 3.32. The third-order valence-corrected chi connectivity index (χ3v) is 3.23. The molecule has 0 bridgehead atoms. The van der Waals surface area contributed by atoms with Crippen LogP contribution in [-0.4, -0.2) is 34.1 Å². The molecule has 0 spiro atoms. The van der Waals surface area contributed by atoms with Crippen molar-refractivity contribution < 1.29 is 19.8 Å². The summed E-state index contributed by atoms with van der Waals surface area (Å²) >= 11 is 0. The lowest BCUT2D eigenvalue weighted by atomic mass is 9.73. The van der Waals surface area contributed by atoms with Crippen molar-refractivity contribution in [3.8, 4) is 0 Å². The maximum absolute atomic E-state index is 12.0. The minimum atomic E-state index is -0.993. The molecule has 5 heteroatoms. The molecule has 1 aliphatic carbocycles. The summed E-state index contributed by atoms with van der Waals surface area (Å²) in [6, 6.07) is -0.785. The number of nitrogens with one attached hydrogen (secondary N) is 1. The largest absolute Gasteiger partial charge is 0.480 e. The van der Waals surface area contributed by atoms with Crippen LogP contribution in [0.2, 0.25) is 0 Å². The third-order valence-electron chi connectivity index (χ3n) is 3.23. The van der Waals surface area contributed by atoms with E-state index in [-0.39, 0.29) is 11.2 Å². The van der Waals surface area contributed by atoms with Gasteiger partial charge in [-0.1, -0.05) is 13.8 Å². The number of carbonyl (C=O) groups is 2. The predicted octanol–water partition coefficient (Wildman–Crippen LogP) is 1.07. The van der Waals surface area contributed by atoms with Gasteiger partial charge in [0.25, 0.3) is 0 Å². The van der Waals surface area contributed by atoms with Gasteiger partial charge in [0, 0.05) is 17.7 Å². The van der Waals surface area contributed by atoms with Gasteiger partial charge in [0.2, 0.25) is 0 Å². The van der Waals surface area contributed by atoms with Crippen LogP contribution in [0.15, 0.2) is 11.3 Å². The average Bonchev–Trinajstić information content (AvgIpc) is 2.13. The second-order valence-electron chi connectivity index (χ2n) is 5.73. The van der Waals surface area contributed by atoms with Gasteiger partial charge in [0.1, 0.15) is 6.04 Å². The molecule has 1 rings (SSSR count). The first-order valence-electron chi connectivity index (χ1n) is 6.05. The Morgan fingerprint density at radius 2 is 2.06 bits per heavy atom. The number of rotatable bonds is 3. The molecule has 1 saturated carbocycles. The van der Waals surface area contributed by atoms with Gasteiger partial charge in [-0.15, -0.1) is 0 Å². The van der Waals surface area contributed by atoms with E-state index < -0.39 is 18.1 Å². The minimum absolute atomic E-state index is 0.110. The maximum Gasteiger partial charge on any atom is 0.325 e. The number of aliphatic carboxylic acids is 1. The van der Waals surface area contributed by atoms with Crippen LogP contribution in [0.1, 0.15) is 40.5 Å². The summed E-state index contributed by atoms with van der Waals surface area (Å²) in [6.45, 7) is 7.01. The van der Waals surface area contributed by atoms with Gasteiger partial charge in [-0.05, 0) is 25.7 Å². The number of carbonyl (C=O) groups excluding carboxylic acids is 1. The number of allylic oxidation sites excluding steroid dienone is 1. The number of carboxylic acid groups (broad SMARTS) is 1. The van der Waals surface area contributed by atoms with Crippen molar-refractivity contribution >= 4 is 11.8 Å². The molecule has 1 unspecified atom stereocenters. The van der Waals surface area contributed by atoms with E-state index in [0.29, 0.717) is 24.1 Å². The molecule has 0 aromatic carbocycles. The van der Waals surface area contributed by atoms with E-state index in [1.807, 2.05) is 13.8 Å². The van der Waals surface area contributed by atoms with Crippen molar-refractivity contribution in [3.63, 3.8) is 0 Å². The lowest BCUT2D eigenvalue weighted by Crippen LogP contribution is -2.39. The second kappa shape index (κ2) is 5.10. The van der Waals surface area contributed by atoms with Gasteiger partial charge in [-0.3, -0.25) is 9.59 Å². The van der Waals surface area contributed by atoms with Crippen LogP contribution >= 0.6 is 0 Å². The van der Waals surface area contributed by atoms with Crippen molar-refractivity contribution in [1.29, 1.82) is 0 Å². The summed E-state index contributed by atoms with van der Waals surface area (Å²) in [5.74, 6) is -1.10. The summed E-state index contributed by atoms with van der Waals surface area (Å²) < 4.78 is 0. The first-order valence-corrected chi connectivity index (χ1v) is 6.05. The van der Waals surface area contributed by atoms with E-state index in [2.05, 4.69) is 5.32 Å². The normalized spacial score (nSPS) is 27.6. The molecule has 0 amide bonds. The number of aliphatic hydroxyl groups excluding tert-OH is 1. The zero-order valence-electron chi connectivity index (χ0n) is 11.3. The average molecular weight is 255 g/mol. The van der Waals surface area contributed by atoms with Crippen LogP contribution in [0.25, 0.3) is 0 Å². The number of hydrogen-bond acceptors (Lipinski definition) is 4. The summed E-state index contributed by atoms with van der Waals surface area (Å²) in [4.78, 5) is 22.8. The van der Waals surface area contributed by atoms with E-state index in [1.165, 1.54) is 6.92 Å². The molecule has 0 radical (unpaired) electrons. The zero-order valence-corrected chi connectivity index (χ0v) is 11.3. The Bertz CT molecular complexity index is 398.